The van der Waals surface area contributed by atoms with Crippen molar-refractivity contribution in [2.75, 3.05) is 13.2 Å². The zero-order valence-corrected chi connectivity index (χ0v) is 12.8. The summed E-state index contributed by atoms with van der Waals surface area (Å²) in [5.74, 6) is 0. The van der Waals surface area contributed by atoms with Gasteiger partial charge in [-0.1, -0.05) is 0 Å². The minimum atomic E-state index is -2.11. The molecule has 0 radical (unpaired) electrons. The second-order valence-corrected chi connectivity index (χ2v) is 4.40. The Morgan fingerprint density at radius 2 is 1.31 bits per heavy atom. The first-order chi connectivity index (χ1) is 12.1. The van der Waals surface area contributed by atoms with Gasteiger partial charge in [0.2, 0.25) is 0 Å². The molecule has 0 spiro atoms. The quantitative estimate of drug-likeness (QED) is 0.295. The Labute approximate surface area is 141 Å². The second kappa shape index (κ2) is 9.27. The molecule has 0 bridgehead atoms. The van der Waals surface area contributed by atoms with Gasteiger partial charge in [0.05, 0.1) is 0 Å². The monoisotopic (exact) mass is 388 g/mol. The van der Waals surface area contributed by atoms with Crippen LogP contribution in [0.15, 0.2) is 0 Å². The minimum Gasteiger partial charge on any atom is -0.350 e. The summed E-state index contributed by atoms with van der Waals surface area (Å²) in [4.78, 5) is 58.9. The van der Waals surface area contributed by atoms with Gasteiger partial charge in [-0.05, 0) is 6.92 Å². The topological polar surface area (TPSA) is 228 Å². The summed E-state index contributed by atoms with van der Waals surface area (Å²) in [6.45, 7) is 0.326. The molecule has 1 saturated heterocycles. The van der Waals surface area contributed by atoms with Crippen molar-refractivity contribution in [3.05, 3.63) is 40.5 Å². The number of rotatable bonds is 11. The fraction of sp³-hybridized carbons (Fsp3) is 1.00. The van der Waals surface area contributed by atoms with Gasteiger partial charge in [-0.25, -0.2) is 0 Å². The summed E-state index contributed by atoms with van der Waals surface area (Å²) < 4.78 is 10.1. The van der Waals surface area contributed by atoms with Gasteiger partial charge in [0, 0.05) is 6.61 Å². The molecule has 1 fully saturated rings. The highest BCUT2D eigenvalue weighted by molar-refractivity contribution is 4.91. The summed E-state index contributed by atoms with van der Waals surface area (Å²) in [6.07, 6.45) is -9.53. The molecule has 26 heavy (non-hydrogen) atoms. The van der Waals surface area contributed by atoms with Gasteiger partial charge < -0.3 is 28.8 Å². The van der Waals surface area contributed by atoms with Crippen molar-refractivity contribution in [1.29, 1.82) is 0 Å². The standard InChI is InChI=1S/C8H12N4O14/c1-2-21-8-7(26-12(19)20)6(25-11(17)18)5(24-10(15)16)4(23-8)3-22-9(13)14/h4-8H,2-3H2,1H3. The van der Waals surface area contributed by atoms with Gasteiger partial charge in [-0.2, -0.15) is 0 Å². The van der Waals surface area contributed by atoms with Crippen molar-refractivity contribution < 1.29 is 49.2 Å². The van der Waals surface area contributed by atoms with Crippen LogP contribution in [0.3, 0.4) is 0 Å². The normalized spacial score (nSPS) is 27.8. The predicted octanol–water partition coefficient (Wildman–Crippen LogP) is -1.31. The van der Waals surface area contributed by atoms with E-state index in [0.29, 0.717) is 0 Å². The molecule has 5 atom stereocenters. The highest BCUT2D eigenvalue weighted by Crippen LogP contribution is 2.29. The van der Waals surface area contributed by atoms with Gasteiger partial charge in [0.25, 0.3) is 20.3 Å². The average Bonchev–Trinajstić information content (AvgIpc) is 2.50. The number of ether oxygens (including phenoxy) is 2. The maximum Gasteiger partial charge on any atom is 0.295 e. The Kier molecular flexibility index (Phi) is 7.40. The molecular formula is C8H12N4O14. The van der Waals surface area contributed by atoms with E-state index in [1.165, 1.54) is 6.92 Å². The first kappa shape index (κ1) is 20.8. The first-order valence-corrected chi connectivity index (χ1v) is 6.63. The van der Waals surface area contributed by atoms with Crippen LogP contribution in [-0.4, -0.2) is 64.3 Å². The Bertz CT molecular complexity index is 543. The number of nitrogens with zero attached hydrogens (tertiary/aromatic N) is 4. The van der Waals surface area contributed by atoms with Crippen LogP contribution in [-0.2, 0) is 28.8 Å². The van der Waals surface area contributed by atoms with Crippen LogP contribution in [0, 0.1) is 40.5 Å². The first-order valence-electron chi connectivity index (χ1n) is 6.63. The maximum absolute atomic E-state index is 10.7. The molecule has 0 N–H and O–H groups in total. The van der Waals surface area contributed by atoms with E-state index >= 15 is 0 Å². The third-order valence-electron chi connectivity index (χ3n) is 2.89. The van der Waals surface area contributed by atoms with E-state index in [9.17, 15) is 40.5 Å². The maximum atomic E-state index is 10.7. The molecule has 5 unspecified atom stereocenters. The van der Waals surface area contributed by atoms with Crippen molar-refractivity contribution in [3.8, 4) is 0 Å². The largest absolute Gasteiger partial charge is 0.350 e. The van der Waals surface area contributed by atoms with Crippen LogP contribution in [0.4, 0.5) is 0 Å². The highest BCUT2D eigenvalue weighted by atomic mass is 17.0. The average molecular weight is 388 g/mol. The molecule has 1 aliphatic rings. The van der Waals surface area contributed by atoms with Gasteiger partial charge >= 0.3 is 0 Å². The van der Waals surface area contributed by atoms with E-state index in [1.807, 2.05) is 0 Å². The molecule has 1 aliphatic heterocycles. The molecule has 0 aromatic rings. The van der Waals surface area contributed by atoms with E-state index in [0.717, 1.165) is 0 Å². The molecular weight excluding hydrogens is 376 g/mol. The Hall–Kier alpha value is -3.28. The van der Waals surface area contributed by atoms with Crippen molar-refractivity contribution >= 4 is 0 Å². The number of hydrogen-bond acceptors (Lipinski definition) is 14. The molecule has 0 aromatic carbocycles. The van der Waals surface area contributed by atoms with E-state index in [1.54, 1.807) is 0 Å². The molecule has 0 aliphatic carbocycles. The van der Waals surface area contributed by atoms with Gasteiger partial charge in [0.15, 0.2) is 24.6 Å². The summed E-state index contributed by atoms with van der Waals surface area (Å²) in [5.41, 5.74) is 0. The fourth-order valence-corrected chi connectivity index (χ4v) is 2.10. The van der Waals surface area contributed by atoms with Crippen molar-refractivity contribution in [1.82, 2.24) is 0 Å². The second-order valence-electron chi connectivity index (χ2n) is 4.40. The van der Waals surface area contributed by atoms with Crippen molar-refractivity contribution in [3.63, 3.8) is 0 Å². The van der Waals surface area contributed by atoms with Crippen LogP contribution in [0.5, 0.6) is 0 Å². The fourth-order valence-electron chi connectivity index (χ4n) is 2.10. The van der Waals surface area contributed by atoms with Crippen LogP contribution in [0.25, 0.3) is 0 Å². The van der Waals surface area contributed by atoms with Gasteiger partial charge in [-0.15, -0.1) is 40.5 Å². The van der Waals surface area contributed by atoms with Crippen LogP contribution in [0.1, 0.15) is 6.92 Å². The zero-order valence-electron chi connectivity index (χ0n) is 12.8. The Morgan fingerprint density at radius 3 is 1.77 bits per heavy atom. The molecule has 0 saturated carbocycles. The molecule has 18 nitrogen and oxygen atoms in total. The molecule has 0 amide bonds. The summed E-state index contributed by atoms with van der Waals surface area (Å²) >= 11 is 0. The van der Waals surface area contributed by atoms with E-state index in [4.69, 9.17) is 9.47 Å². The Balaban J connectivity index is 3.22. The van der Waals surface area contributed by atoms with E-state index in [-0.39, 0.29) is 6.61 Å². The number of hydrogen-bond donors (Lipinski definition) is 0. The highest BCUT2D eigenvalue weighted by Gasteiger charge is 2.53. The smallest absolute Gasteiger partial charge is 0.295 e. The molecule has 18 heteroatoms. The van der Waals surface area contributed by atoms with Crippen molar-refractivity contribution in [2.24, 2.45) is 0 Å². The molecule has 1 rings (SSSR count). The molecule has 148 valence electrons. The third-order valence-corrected chi connectivity index (χ3v) is 2.89. The van der Waals surface area contributed by atoms with Crippen molar-refractivity contribution in [2.45, 2.75) is 37.6 Å². The lowest BCUT2D eigenvalue weighted by molar-refractivity contribution is -0.825. The molecule has 1 heterocycles. The zero-order chi connectivity index (χ0) is 19.9. The van der Waals surface area contributed by atoms with E-state index in [2.05, 4.69) is 19.4 Å². The van der Waals surface area contributed by atoms with E-state index < -0.39 is 57.7 Å². The minimum absolute atomic E-state index is 0.128. The lowest BCUT2D eigenvalue weighted by atomic mass is 9.99. The SMILES string of the molecule is CCOC1OC(CO[N+](=O)[O-])C(O[N+](=O)[O-])C(O[N+](=O)[O-])C1O[N+](=O)[O-]. The van der Waals surface area contributed by atoms with Gasteiger partial charge in [0.1, 0.15) is 12.7 Å². The van der Waals surface area contributed by atoms with Crippen LogP contribution >= 0.6 is 0 Å². The Morgan fingerprint density at radius 1 is 0.808 bits per heavy atom. The lowest BCUT2D eigenvalue weighted by Gasteiger charge is -2.42. The van der Waals surface area contributed by atoms with Gasteiger partial charge in [-0.3, -0.25) is 0 Å². The third kappa shape index (κ3) is 5.98. The van der Waals surface area contributed by atoms with Crippen LogP contribution in [0.2, 0.25) is 0 Å². The predicted molar refractivity (Wildman–Crippen MR) is 68.8 cm³/mol. The lowest BCUT2D eigenvalue weighted by Crippen LogP contribution is -2.63. The van der Waals surface area contributed by atoms with Crippen LogP contribution < -0.4 is 0 Å². The molecule has 0 aromatic heterocycles. The summed E-state index contributed by atoms with van der Waals surface area (Å²) in [5, 5.41) is 36.9. The summed E-state index contributed by atoms with van der Waals surface area (Å²) in [7, 11) is 0. The summed E-state index contributed by atoms with van der Waals surface area (Å²) in [6, 6.07) is 0.